The molecule has 1 aromatic heterocycles. The molecule has 3 aromatic rings. The van der Waals surface area contributed by atoms with Crippen LogP contribution in [0.1, 0.15) is 38.6 Å². The number of hydrogen-bond donors (Lipinski definition) is 0. The van der Waals surface area contributed by atoms with Gasteiger partial charge >= 0.3 is 29.6 Å². The molecular formula is C20H18NNaO3. The van der Waals surface area contributed by atoms with Gasteiger partial charge in [-0.3, -0.25) is 9.59 Å². The third-order valence-corrected chi connectivity index (χ3v) is 3.87. The molecule has 0 bridgehead atoms. The summed E-state index contributed by atoms with van der Waals surface area (Å²) in [6.45, 7) is 1.86. The number of benzene rings is 2. The molecule has 122 valence electrons. The summed E-state index contributed by atoms with van der Waals surface area (Å²) < 4.78 is 5.71. The number of rotatable bonds is 6. The fourth-order valence-corrected chi connectivity index (χ4v) is 2.49. The predicted octanol–water partition coefficient (Wildman–Crippen LogP) is 3.63. The Morgan fingerprint density at radius 3 is 2.40 bits per heavy atom. The zero-order chi connectivity index (χ0) is 16.9. The first-order valence-corrected chi connectivity index (χ1v) is 7.77. The first-order valence-electron chi connectivity index (χ1n) is 7.77. The first-order chi connectivity index (χ1) is 11.7. The number of aromatic nitrogens is 1. The molecule has 0 aliphatic rings. The van der Waals surface area contributed by atoms with Crippen LogP contribution in [-0.4, -0.2) is 46.6 Å². The van der Waals surface area contributed by atoms with Crippen molar-refractivity contribution in [2.24, 2.45) is 0 Å². The molecule has 0 aliphatic carbocycles. The molecule has 5 heteroatoms. The van der Waals surface area contributed by atoms with Crippen LogP contribution in [0.3, 0.4) is 0 Å². The number of aldehydes is 1. The van der Waals surface area contributed by atoms with Crippen LogP contribution < -0.4 is 0 Å². The van der Waals surface area contributed by atoms with E-state index in [1.807, 2.05) is 37.3 Å². The Balaban J connectivity index is 0.00000225. The number of Topliss-reactive ketones (excluding diaryl/α,β-unsaturated/α-hetero) is 1. The monoisotopic (exact) mass is 343 g/mol. The van der Waals surface area contributed by atoms with E-state index in [2.05, 4.69) is 4.98 Å². The fourth-order valence-electron chi connectivity index (χ4n) is 2.49. The number of carbonyl (C=O) groups is 2. The summed E-state index contributed by atoms with van der Waals surface area (Å²) in [6, 6.07) is 16.3. The minimum absolute atomic E-state index is 0. The molecule has 4 nitrogen and oxygen atoms in total. The maximum absolute atomic E-state index is 12.3. The van der Waals surface area contributed by atoms with Crippen LogP contribution in [0.25, 0.3) is 11.5 Å². The van der Waals surface area contributed by atoms with Gasteiger partial charge in [0.25, 0.3) is 0 Å². The van der Waals surface area contributed by atoms with E-state index in [9.17, 15) is 9.59 Å². The molecule has 0 atom stereocenters. The Morgan fingerprint density at radius 1 is 1.08 bits per heavy atom. The van der Waals surface area contributed by atoms with E-state index < -0.39 is 0 Å². The van der Waals surface area contributed by atoms with E-state index in [0.29, 0.717) is 29.9 Å². The third-order valence-electron chi connectivity index (χ3n) is 3.87. The van der Waals surface area contributed by atoms with Crippen molar-refractivity contribution in [2.45, 2.75) is 19.8 Å². The van der Waals surface area contributed by atoms with Crippen molar-refractivity contribution in [3.05, 3.63) is 77.2 Å². The predicted molar refractivity (Wildman–Crippen MR) is 98.3 cm³/mol. The van der Waals surface area contributed by atoms with Crippen molar-refractivity contribution in [3.8, 4) is 11.5 Å². The molecule has 0 fully saturated rings. The van der Waals surface area contributed by atoms with E-state index in [-0.39, 0.29) is 35.3 Å². The molecular weight excluding hydrogens is 325 g/mol. The van der Waals surface area contributed by atoms with Gasteiger partial charge < -0.3 is 4.42 Å². The molecule has 0 N–H and O–H groups in total. The van der Waals surface area contributed by atoms with E-state index in [4.69, 9.17) is 4.42 Å². The number of aryl methyl sites for hydroxylation is 2. The van der Waals surface area contributed by atoms with Crippen molar-refractivity contribution >= 4 is 41.6 Å². The summed E-state index contributed by atoms with van der Waals surface area (Å²) in [5.74, 6) is 1.33. The summed E-state index contributed by atoms with van der Waals surface area (Å²) in [5.41, 5.74) is 2.88. The molecule has 0 amide bonds. The van der Waals surface area contributed by atoms with Crippen LogP contribution >= 0.6 is 0 Å². The second-order valence-electron chi connectivity index (χ2n) is 5.55. The van der Waals surface area contributed by atoms with Gasteiger partial charge in [-0.1, -0.05) is 42.5 Å². The van der Waals surface area contributed by atoms with Gasteiger partial charge in [0, 0.05) is 29.5 Å². The molecule has 0 unspecified atom stereocenters. The Hall–Kier alpha value is -2.01. The zero-order valence-electron chi connectivity index (χ0n) is 13.4. The quantitative estimate of drug-likeness (QED) is 0.390. The molecule has 3 rings (SSSR count). The number of ketones is 1. The second-order valence-corrected chi connectivity index (χ2v) is 5.55. The number of hydrogen-bond acceptors (Lipinski definition) is 4. The number of nitrogens with zero attached hydrogens (tertiary/aromatic N) is 1. The normalized spacial score (nSPS) is 10.1. The van der Waals surface area contributed by atoms with Crippen LogP contribution in [0.4, 0.5) is 0 Å². The van der Waals surface area contributed by atoms with Crippen LogP contribution in [-0.2, 0) is 6.42 Å². The summed E-state index contributed by atoms with van der Waals surface area (Å²) in [6.07, 6.45) is 1.64. The topological polar surface area (TPSA) is 60.2 Å². The standard InChI is InChI=1S/C20H17NO3.Na.H/c1-14-18(21-20(24-14)17-5-3-2-4-6-17)11-12-19(23)16-9-7-15(13-22)8-10-16;;/h2-10,13H,11-12H2,1H3;;. The minimum atomic E-state index is 0. The maximum atomic E-state index is 12.3. The summed E-state index contributed by atoms with van der Waals surface area (Å²) >= 11 is 0. The second kappa shape index (κ2) is 8.90. The molecule has 0 aliphatic heterocycles. The van der Waals surface area contributed by atoms with Gasteiger partial charge in [0.15, 0.2) is 5.78 Å². The first kappa shape index (κ1) is 19.3. The Kier molecular flexibility index (Phi) is 6.88. The summed E-state index contributed by atoms with van der Waals surface area (Å²) in [7, 11) is 0. The van der Waals surface area contributed by atoms with Crippen molar-refractivity contribution in [1.82, 2.24) is 4.98 Å². The van der Waals surface area contributed by atoms with Crippen molar-refractivity contribution in [2.75, 3.05) is 0 Å². The van der Waals surface area contributed by atoms with Gasteiger partial charge in [-0.2, -0.15) is 0 Å². The molecule has 2 aromatic carbocycles. The Bertz CT molecular complexity index is 854. The fraction of sp³-hybridized carbons (Fsp3) is 0.150. The van der Waals surface area contributed by atoms with Crippen LogP contribution in [0.5, 0.6) is 0 Å². The molecule has 0 saturated heterocycles. The van der Waals surface area contributed by atoms with Gasteiger partial charge in [-0.15, -0.1) is 0 Å². The van der Waals surface area contributed by atoms with E-state index in [1.165, 1.54) is 0 Å². The Morgan fingerprint density at radius 2 is 1.76 bits per heavy atom. The average Bonchev–Trinajstić information content (AvgIpc) is 3.01. The molecule has 25 heavy (non-hydrogen) atoms. The van der Waals surface area contributed by atoms with E-state index >= 15 is 0 Å². The van der Waals surface area contributed by atoms with E-state index in [1.54, 1.807) is 24.3 Å². The van der Waals surface area contributed by atoms with Gasteiger partial charge in [0.2, 0.25) is 5.89 Å². The van der Waals surface area contributed by atoms with Crippen molar-refractivity contribution < 1.29 is 14.0 Å². The average molecular weight is 343 g/mol. The SMILES string of the molecule is Cc1oc(-c2ccccc2)nc1CCC(=O)c1ccc(C=O)cc1.[NaH]. The summed E-state index contributed by atoms with van der Waals surface area (Å²) in [5, 5.41) is 0. The zero-order valence-corrected chi connectivity index (χ0v) is 13.4. The number of oxazole rings is 1. The van der Waals surface area contributed by atoms with Gasteiger partial charge in [0.1, 0.15) is 12.0 Å². The van der Waals surface area contributed by atoms with Crippen LogP contribution in [0.15, 0.2) is 59.0 Å². The van der Waals surface area contributed by atoms with Crippen molar-refractivity contribution in [3.63, 3.8) is 0 Å². The number of carbonyl (C=O) groups excluding carboxylic acids is 2. The molecule has 0 radical (unpaired) electrons. The molecule has 1 heterocycles. The van der Waals surface area contributed by atoms with E-state index in [0.717, 1.165) is 23.3 Å². The van der Waals surface area contributed by atoms with Gasteiger partial charge in [-0.25, -0.2) is 4.98 Å². The molecule has 0 saturated carbocycles. The van der Waals surface area contributed by atoms with Gasteiger partial charge in [0.05, 0.1) is 5.69 Å². The summed E-state index contributed by atoms with van der Waals surface area (Å²) in [4.78, 5) is 27.4. The van der Waals surface area contributed by atoms with Gasteiger partial charge in [-0.05, 0) is 19.1 Å². The molecule has 0 spiro atoms. The third kappa shape index (κ3) is 4.75. The van der Waals surface area contributed by atoms with Crippen LogP contribution in [0.2, 0.25) is 0 Å². The van der Waals surface area contributed by atoms with Crippen molar-refractivity contribution in [1.29, 1.82) is 0 Å². The Labute approximate surface area is 168 Å². The van der Waals surface area contributed by atoms with Crippen LogP contribution in [0, 0.1) is 6.92 Å².